The number of fused-ring (bicyclic) bond motifs is 1. The normalized spacial score (nSPS) is 16.2. The molecule has 0 saturated heterocycles. The highest BCUT2D eigenvalue weighted by molar-refractivity contribution is 7.89. The lowest BCUT2D eigenvalue weighted by atomic mass is 10.1. The molecule has 136 valence electrons. The van der Waals surface area contributed by atoms with E-state index < -0.39 is 10.0 Å². The van der Waals surface area contributed by atoms with E-state index in [9.17, 15) is 8.42 Å². The topological polar surface area (TPSA) is 83.3 Å². The monoisotopic (exact) mass is 391 g/mol. The second-order valence-corrected chi connectivity index (χ2v) is 8.44. The fourth-order valence-electron chi connectivity index (χ4n) is 2.89. The van der Waals surface area contributed by atoms with Gasteiger partial charge in [-0.1, -0.05) is 17.7 Å². The summed E-state index contributed by atoms with van der Waals surface area (Å²) in [4.78, 5) is 4.29. The molecule has 1 aliphatic rings. The van der Waals surface area contributed by atoms with E-state index in [1.54, 1.807) is 30.5 Å². The summed E-state index contributed by atoms with van der Waals surface area (Å²) >= 11 is 6.24. The predicted octanol–water partition coefficient (Wildman–Crippen LogP) is 3.16. The van der Waals surface area contributed by atoms with Gasteiger partial charge in [-0.15, -0.1) is 0 Å². The Morgan fingerprint density at radius 1 is 1.42 bits per heavy atom. The molecule has 0 bridgehead atoms. The SMILES string of the molecule is CC1Cc2cc(S(=O)(=O)N(CCC#N)Cc3ccccn3)cc(Cl)c2O1. The van der Waals surface area contributed by atoms with Crippen LogP contribution in [0.1, 0.15) is 24.6 Å². The molecule has 2 heterocycles. The van der Waals surface area contributed by atoms with Gasteiger partial charge in [-0.25, -0.2) is 8.42 Å². The molecule has 3 rings (SSSR count). The van der Waals surface area contributed by atoms with E-state index in [1.165, 1.54) is 10.4 Å². The first kappa shape index (κ1) is 18.6. The average molecular weight is 392 g/mol. The van der Waals surface area contributed by atoms with E-state index in [-0.39, 0.29) is 35.5 Å². The van der Waals surface area contributed by atoms with Crippen LogP contribution in [0.2, 0.25) is 5.02 Å². The molecule has 0 fully saturated rings. The predicted molar refractivity (Wildman–Crippen MR) is 97.3 cm³/mol. The van der Waals surface area contributed by atoms with Crippen molar-refractivity contribution in [2.75, 3.05) is 6.54 Å². The van der Waals surface area contributed by atoms with Crippen molar-refractivity contribution in [3.8, 4) is 11.8 Å². The zero-order valence-electron chi connectivity index (χ0n) is 14.2. The van der Waals surface area contributed by atoms with Crippen molar-refractivity contribution >= 4 is 21.6 Å². The molecule has 1 aromatic carbocycles. The van der Waals surface area contributed by atoms with Crippen molar-refractivity contribution in [3.05, 3.63) is 52.8 Å². The van der Waals surface area contributed by atoms with E-state index in [2.05, 4.69) is 4.98 Å². The molecular weight excluding hydrogens is 374 g/mol. The lowest BCUT2D eigenvalue weighted by Crippen LogP contribution is -2.32. The van der Waals surface area contributed by atoms with Crippen molar-refractivity contribution in [3.63, 3.8) is 0 Å². The Morgan fingerprint density at radius 3 is 2.92 bits per heavy atom. The third-order valence-corrected chi connectivity index (χ3v) is 6.20. The Morgan fingerprint density at radius 2 is 2.23 bits per heavy atom. The van der Waals surface area contributed by atoms with Crippen LogP contribution in [0.5, 0.6) is 5.75 Å². The van der Waals surface area contributed by atoms with Crippen molar-refractivity contribution in [2.24, 2.45) is 0 Å². The summed E-state index contributed by atoms with van der Waals surface area (Å²) in [7, 11) is -3.83. The van der Waals surface area contributed by atoms with Crippen molar-refractivity contribution in [2.45, 2.75) is 37.3 Å². The van der Waals surface area contributed by atoms with Gasteiger partial charge in [0.2, 0.25) is 10.0 Å². The summed E-state index contributed by atoms with van der Waals surface area (Å²) in [5, 5.41) is 9.17. The van der Waals surface area contributed by atoms with Crippen LogP contribution >= 0.6 is 11.6 Å². The fraction of sp³-hybridized carbons (Fsp3) is 0.333. The minimum atomic E-state index is -3.83. The van der Waals surface area contributed by atoms with Crippen LogP contribution in [0, 0.1) is 11.3 Å². The summed E-state index contributed by atoms with van der Waals surface area (Å²) < 4.78 is 33.2. The number of nitrogens with zero attached hydrogens (tertiary/aromatic N) is 3. The maximum Gasteiger partial charge on any atom is 0.243 e. The number of rotatable bonds is 6. The highest BCUT2D eigenvalue weighted by atomic mass is 35.5. The quantitative estimate of drug-likeness (QED) is 0.755. The molecule has 1 aliphatic heterocycles. The molecule has 0 radical (unpaired) electrons. The van der Waals surface area contributed by atoms with E-state index in [1.807, 2.05) is 13.0 Å². The minimum Gasteiger partial charge on any atom is -0.489 e. The molecule has 1 aromatic heterocycles. The molecule has 0 saturated carbocycles. The van der Waals surface area contributed by atoms with Gasteiger partial charge in [0.05, 0.1) is 28.2 Å². The molecule has 2 aromatic rings. The van der Waals surface area contributed by atoms with Gasteiger partial charge in [-0.05, 0) is 31.2 Å². The molecule has 8 heteroatoms. The van der Waals surface area contributed by atoms with Crippen molar-refractivity contribution in [1.82, 2.24) is 9.29 Å². The molecule has 0 N–H and O–H groups in total. The lowest BCUT2D eigenvalue weighted by molar-refractivity contribution is 0.255. The largest absolute Gasteiger partial charge is 0.489 e. The Bertz CT molecular complexity index is 942. The highest BCUT2D eigenvalue weighted by Crippen LogP contribution is 2.38. The summed E-state index contributed by atoms with van der Waals surface area (Å²) in [6.45, 7) is 2.08. The molecule has 0 aliphatic carbocycles. The molecular formula is C18H18ClN3O3S. The molecule has 26 heavy (non-hydrogen) atoms. The Balaban J connectivity index is 1.96. The van der Waals surface area contributed by atoms with E-state index in [0.29, 0.717) is 17.9 Å². The minimum absolute atomic E-state index is 0.0383. The number of aromatic nitrogens is 1. The van der Waals surface area contributed by atoms with Gasteiger partial charge in [0, 0.05) is 31.1 Å². The van der Waals surface area contributed by atoms with Gasteiger partial charge >= 0.3 is 0 Å². The van der Waals surface area contributed by atoms with Crippen molar-refractivity contribution < 1.29 is 13.2 Å². The first-order chi connectivity index (χ1) is 12.4. The number of pyridine rings is 1. The van der Waals surface area contributed by atoms with E-state index in [0.717, 1.165) is 5.56 Å². The number of nitriles is 1. The van der Waals surface area contributed by atoms with E-state index in [4.69, 9.17) is 21.6 Å². The first-order valence-electron chi connectivity index (χ1n) is 8.18. The second kappa shape index (κ2) is 7.62. The van der Waals surface area contributed by atoms with Crippen LogP contribution in [0.3, 0.4) is 0 Å². The van der Waals surface area contributed by atoms with Gasteiger partial charge in [-0.3, -0.25) is 4.98 Å². The zero-order valence-corrected chi connectivity index (χ0v) is 15.8. The summed E-state index contributed by atoms with van der Waals surface area (Å²) in [5.41, 5.74) is 1.39. The van der Waals surface area contributed by atoms with E-state index >= 15 is 0 Å². The van der Waals surface area contributed by atoms with Gasteiger partial charge in [-0.2, -0.15) is 9.57 Å². The van der Waals surface area contributed by atoms with Gasteiger partial charge in [0.25, 0.3) is 0 Å². The maximum atomic E-state index is 13.2. The number of halogens is 1. The zero-order chi connectivity index (χ0) is 18.7. The van der Waals surface area contributed by atoms with Gasteiger partial charge < -0.3 is 4.74 Å². The smallest absolute Gasteiger partial charge is 0.243 e. The van der Waals surface area contributed by atoms with Crippen LogP contribution in [0.25, 0.3) is 0 Å². The van der Waals surface area contributed by atoms with Crippen LogP contribution in [-0.2, 0) is 23.0 Å². The Labute approximate surface area is 158 Å². The first-order valence-corrected chi connectivity index (χ1v) is 9.99. The summed E-state index contributed by atoms with van der Waals surface area (Å²) in [5.74, 6) is 0.548. The third kappa shape index (κ3) is 3.83. The second-order valence-electron chi connectivity index (χ2n) is 6.09. The average Bonchev–Trinajstić information content (AvgIpc) is 3.00. The summed E-state index contributed by atoms with van der Waals surface area (Å²) in [6.07, 6.45) is 2.26. The molecule has 1 unspecified atom stereocenters. The highest BCUT2D eigenvalue weighted by Gasteiger charge is 2.29. The molecule has 1 atom stereocenters. The van der Waals surface area contributed by atoms with Crippen LogP contribution < -0.4 is 4.74 Å². The van der Waals surface area contributed by atoms with Crippen LogP contribution in [0.15, 0.2) is 41.4 Å². The van der Waals surface area contributed by atoms with Crippen LogP contribution in [0.4, 0.5) is 0 Å². The standard InChI is InChI=1S/C18H18ClN3O3S/c1-13-9-14-10-16(11-17(19)18(14)25-13)26(23,24)22(8-4-6-20)12-15-5-2-3-7-21-15/h2-3,5,7,10-11,13H,4,8-9,12H2,1H3. The lowest BCUT2D eigenvalue weighted by Gasteiger charge is -2.21. The number of hydrogen-bond donors (Lipinski definition) is 0. The van der Waals surface area contributed by atoms with Crippen molar-refractivity contribution in [1.29, 1.82) is 5.26 Å². The Kier molecular flexibility index (Phi) is 5.47. The Hall–Kier alpha value is -2.14. The fourth-order valence-corrected chi connectivity index (χ4v) is 4.73. The number of ether oxygens (including phenoxy) is 1. The van der Waals surface area contributed by atoms with Gasteiger partial charge in [0.15, 0.2) is 0 Å². The molecule has 0 amide bonds. The summed E-state index contributed by atoms with van der Waals surface area (Å²) in [6, 6.07) is 10.3. The number of benzene rings is 1. The molecule has 0 spiro atoms. The maximum absolute atomic E-state index is 13.2. The number of sulfonamides is 1. The number of hydrogen-bond acceptors (Lipinski definition) is 5. The third-order valence-electron chi connectivity index (χ3n) is 4.10. The molecule has 6 nitrogen and oxygen atoms in total. The van der Waals surface area contributed by atoms with Gasteiger partial charge in [0.1, 0.15) is 11.9 Å². The van der Waals surface area contributed by atoms with Crippen LogP contribution in [-0.4, -0.2) is 30.4 Å².